The Morgan fingerprint density at radius 3 is 2.08 bits per heavy atom. The van der Waals surface area contributed by atoms with E-state index in [1.165, 1.54) is 12.8 Å². The van der Waals surface area contributed by atoms with Gasteiger partial charge in [0, 0.05) is 31.7 Å². The topological polar surface area (TPSA) is 79.0 Å². The maximum atomic E-state index is 13.1. The Balaban J connectivity index is 1.09. The van der Waals surface area contributed by atoms with Crippen LogP contribution < -0.4 is 10.1 Å². The predicted molar refractivity (Wildman–Crippen MR) is 141 cm³/mol. The van der Waals surface area contributed by atoms with Gasteiger partial charge in [-0.2, -0.15) is 0 Å². The molecule has 1 aliphatic carbocycles. The van der Waals surface area contributed by atoms with Crippen LogP contribution in [0.5, 0.6) is 5.75 Å². The normalized spacial score (nSPS) is 15.2. The fraction of sp³-hybridized carbons (Fsp3) is 0.300. The van der Waals surface area contributed by atoms with E-state index in [0.717, 1.165) is 11.1 Å². The largest absolute Gasteiger partial charge is 0.492 e. The van der Waals surface area contributed by atoms with E-state index in [-0.39, 0.29) is 24.3 Å². The highest BCUT2D eigenvalue weighted by Crippen LogP contribution is 2.30. The molecular formula is C30H31N3O4. The monoisotopic (exact) mass is 497 g/mol. The van der Waals surface area contributed by atoms with Gasteiger partial charge in [-0.1, -0.05) is 54.6 Å². The number of hydrogen-bond donors (Lipinski definition) is 1. The summed E-state index contributed by atoms with van der Waals surface area (Å²) in [6.07, 6.45) is 2.38. The molecule has 0 aromatic heterocycles. The second-order valence-corrected chi connectivity index (χ2v) is 9.55. The molecule has 1 N–H and O–H groups in total. The van der Waals surface area contributed by atoms with E-state index >= 15 is 0 Å². The van der Waals surface area contributed by atoms with Crippen molar-refractivity contribution in [1.82, 2.24) is 15.1 Å². The molecule has 1 aliphatic heterocycles. The summed E-state index contributed by atoms with van der Waals surface area (Å²) in [5, 5.41) is 2.72. The molecule has 3 aromatic rings. The van der Waals surface area contributed by atoms with Crippen LogP contribution in [0.4, 0.5) is 0 Å². The van der Waals surface area contributed by atoms with Crippen LogP contribution in [0.15, 0.2) is 78.9 Å². The number of ether oxygens (including phenoxy) is 1. The molecule has 1 saturated heterocycles. The van der Waals surface area contributed by atoms with E-state index in [9.17, 15) is 14.4 Å². The highest BCUT2D eigenvalue weighted by Gasteiger charge is 2.27. The maximum absolute atomic E-state index is 13.1. The van der Waals surface area contributed by atoms with Crippen molar-refractivity contribution < 1.29 is 19.1 Å². The molecule has 3 amide bonds. The van der Waals surface area contributed by atoms with Crippen molar-refractivity contribution in [1.29, 1.82) is 0 Å². The molecule has 7 nitrogen and oxygen atoms in total. The lowest BCUT2D eigenvalue weighted by molar-refractivity contribution is -0.131. The highest BCUT2D eigenvalue weighted by atomic mass is 16.5. The zero-order chi connectivity index (χ0) is 25.6. The fourth-order valence-electron chi connectivity index (χ4n) is 4.41. The standard InChI is InChI=1S/C30H31N3O4/c34-28(20-31-29(35)25-14-12-24(13-15-25)23-6-2-1-3-7-23)32-16-18-33(19-17-32)30(36)26-8-4-5-9-27(26)37-21-22-10-11-22/h1-9,12-15,22H,10-11,16-21H2,(H,31,35). The maximum Gasteiger partial charge on any atom is 0.257 e. The second kappa shape index (κ2) is 11.3. The van der Waals surface area contributed by atoms with Crippen LogP contribution in [0.25, 0.3) is 11.1 Å². The van der Waals surface area contributed by atoms with Crippen LogP contribution in [0.1, 0.15) is 33.6 Å². The summed E-state index contributed by atoms with van der Waals surface area (Å²) < 4.78 is 5.90. The van der Waals surface area contributed by atoms with Crippen LogP contribution in [-0.2, 0) is 4.79 Å². The van der Waals surface area contributed by atoms with Gasteiger partial charge >= 0.3 is 0 Å². The van der Waals surface area contributed by atoms with Gasteiger partial charge in [-0.05, 0) is 54.2 Å². The van der Waals surface area contributed by atoms with Crippen molar-refractivity contribution >= 4 is 17.7 Å². The molecule has 0 radical (unpaired) electrons. The molecule has 0 atom stereocenters. The summed E-state index contributed by atoms with van der Waals surface area (Å²) in [7, 11) is 0. The molecule has 37 heavy (non-hydrogen) atoms. The SMILES string of the molecule is O=C(NCC(=O)N1CCN(C(=O)c2ccccc2OCC2CC2)CC1)c1ccc(-c2ccccc2)cc1. The first-order chi connectivity index (χ1) is 18.1. The Morgan fingerprint density at radius 2 is 1.38 bits per heavy atom. The third kappa shape index (κ3) is 6.17. The fourth-order valence-corrected chi connectivity index (χ4v) is 4.41. The van der Waals surface area contributed by atoms with Crippen molar-refractivity contribution in [3.63, 3.8) is 0 Å². The number of carbonyl (C=O) groups is 3. The second-order valence-electron chi connectivity index (χ2n) is 9.55. The lowest BCUT2D eigenvalue weighted by Gasteiger charge is -2.35. The molecule has 1 heterocycles. The summed E-state index contributed by atoms with van der Waals surface area (Å²) in [5.41, 5.74) is 3.17. The van der Waals surface area contributed by atoms with Crippen molar-refractivity contribution in [2.45, 2.75) is 12.8 Å². The van der Waals surface area contributed by atoms with Gasteiger partial charge < -0.3 is 19.9 Å². The van der Waals surface area contributed by atoms with Gasteiger partial charge in [0.05, 0.1) is 18.7 Å². The van der Waals surface area contributed by atoms with Gasteiger partial charge in [-0.25, -0.2) is 0 Å². The quantitative estimate of drug-likeness (QED) is 0.513. The molecule has 2 fully saturated rings. The molecule has 190 valence electrons. The molecule has 0 unspecified atom stereocenters. The molecule has 0 bridgehead atoms. The number of para-hydroxylation sites is 1. The minimum atomic E-state index is -0.287. The lowest BCUT2D eigenvalue weighted by atomic mass is 10.0. The number of rotatable bonds is 8. The van der Waals surface area contributed by atoms with Gasteiger partial charge in [-0.3, -0.25) is 14.4 Å². The van der Waals surface area contributed by atoms with E-state index in [2.05, 4.69) is 5.32 Å². The van der Waals surface area contributed by atoms with Crippen LogP contribution >= 0.6 is 0 Å². The lowest BCUT2D eigenvalue weighted by Crippen LogP contribution is -2.52. The molecule has 0 spiro atoms. The Hall–Kier alpha value is -4.13. The number of amides is 3. The molecule has 3 aromatic carbocycles. The highest BCUT2D eigenvalue weighted by molar-refractivity contribution is 5.98. The minimum absolute atomic E-state index is 0.0780. The average Bonchev–Trinajstić information content (AvgIpc) is 3.80. The van der Waals surface area contributed by atoms with E-state index in [1.807, 2.05) is 60.7 Å². The van der Waals surface area contributed by atoms with E-state index < -0.39 is 0 Å². The Morgan fingerprint density at radius 1 is 0.757 bits per heavy atom. The summed E-state index contributed by atoms with van der Waals surface area (Å²) in [6, 6.07) is 24.6. The van der Waals surface area contributed by atoms with Gasteiger partial charge in [0.1, 0.15) is 5.75 Å². The third-order valence-corrected chi connectivity index (χ3v) is 6.86. The number of nitrogens with zero attached hydrogens (tertiary/aromatic N) is 2. The smallest absolute Gasteiger partial charge is 0.257 e. The summed E-state index contributed by atoms with van der Waals surface area (Å²) in [6.45, 7) is 2.31. The first-order valence-electron chi connectivity index (χ1n) is 12.8. The van der Waals surface area contributed by atoms with Crippen molar-refractivity contribution in [2.75, 3.05) is 39.3 Å². The molecular weight excluding hydrogens is 466 g/mol. The minimum Gasteiger partial charge on any atom is -0.492 e. The zero-order valence-electron chi connectivity index (χ0n) is 20.8. The van der Waals surface area contributed by atoms with Gasteiger partial charge in [-0.15, -0.1) is 0 Å². The zero-order valence-corrected chi connectivity index (χ0v) is 20.8. The van der Waals surface area contributed by atoms with Crippen molar-refractivity contribution in [3.05, 3.63) is 90.0 Å². The third-order valence-electron chi connectivity index (χ3n) is 6.86. The van der Waals surface area contributed by atoms with Crippen LogP contribution in [0, 0.1) is 5.92 Å². The van der Waals surface area contributed by atoms with E-state index in [4.69, 9.17) is 4.74 Å². The van der Waals surface area contributed by atoms with Gasteiger partial charge in [0.2, 0.25) is 5.91 Å². The number of carbonyl (C=O) groups excluding carboxylic acids is 3. The van der Waals surface area contributed by atoms with Gasteiger partial charge in [0.25, 0.3) is 11.8 Å². The number of hydrogen-bond acceptors (Lipinski definition) is 4. The van der Waals surface area contributed by atoms with Crippen LogP contribution in [0.3, 0.4) is 0 Å². The summed E-state index contributed by atoms with van der Waals surface area (Å²) in [4.78, 5) is 41.9. The van der Waals surface area contributed by atoms with E-state index in [1.54, 1.807) is 28.0 Å². The van der Waals surface area contributed by atoms with E-state index in [0.29, 0.717) is 55.6 Å². The average molecular weight is 498 g/mol. The number of benzene rings is 3. The van der Waals surface area contributed by atoms with Crippen molar-refractivity contribution in [2.24, 2.45) is 5.92 Å². The number of nitrogens with one attached hydrogen (secondary N) is 1. The van der Waals surface area contributed by atoms with Crippen molar-refractivity contribution in [3.8, 4) is 16.9 Å². The Bertz CT molecular complexity index is 1250. The molecule has 7 heteroatoms. The molecule has 1 saturated carbocycles. The predicted octanol–water partition coefficient (Wildman–Crippen LogP) is 3.86. The molecule has 2 aliphatic rings. The Kier molecular flexibility index (Phi) is 7.49. The van der Waals surface area contributed by atoms with Crippen LogP contribution in [0.2, 0.25) is 0 Å². The summed E-state index contributed by atoms with van der Waals surface area (Å²) in [5.74, 6) is 0.703. The van der Waals surface area contributed by atoms with Gasteiger partial charge in [0.15, 0.2) is 0 Å². The van der Waals surface area contributed by atoms with Crippen LogP contribution in [-0.4, -0.2) is 66.9 Å². The first kappa shape index (κ1) is 24.6. The first-order valence-corrected chi connectivity index (χ1v) is 12.8. The summed E-state index contributed by atoms with van der Waals surface area (Å²) >= 11 is 0. The Labute approximate surface area is 217 Å². The number of piperazine rings is 1. The molecule has 5 rings (SSSR count).